The number of amides is 1. The molecule has 148 valence electrons. The maximum Gasteiger partial charge on any atom is 0.266 e. The summed E-state index contributed by atoms with van der Waals surface area (Å²) in [5, 5.41) is 12.3. The first-order valence-electron chi connectivity index (χ1n) is 9.59. The lowest BCUT2D eigenvalue weighted by Gasteiger charge is -2.23. The summed E-state index contributed by atoms with van der Waals surface area (Å²) in [7, 11) is 2.00. The van der Waals surface area contributed by atoms with Crippen molar-refractivity contribution >= 4 is 17.3 Å². The zero-order valence-corrected chi connectivity index (χ0v) is 17.2. The Kier molecular flexibility index (Phi) is 5.74. The molecule has 0 radical (unpaired) electrons. The molecule has 5 heteroatoms. The summed E-state index contributed by atoms with van der Waals surface area (Å²) < 4.78 is 5.53. The van der Waals surface area contributed by atoms with Gasteiger partial charge in [0.2, 0.25) is 0 Å². The molecule has 0 aromatic heterocycles. The molecule has 0 bridgehead atoms. The first kappa shape index (κ1) is 20.2. The van der Waals surface area contributed by atoms with Crippen molar-refractivity contribution in [1.82, 2.24) is 0 Å². The number of hydrogen-bond donors (Lipinski definition) is 1. The minimum atomic E-state index is -0.465. The summed E-state index contributed by atoms with van der Waals surface area (Å²) in [4.78, 5) is 14.8. The van der Waals surface area contributed by atoms with Crippen LogP contribution in [0.1, 0.15) is 26.3 Å². The van der Waals surface area contributed by atoms with Crippen LogP contribution >= 0.6 is 0 Å². The van der Waals surface area contributed by atoms with Crippen LogP contribution in [0, 0.1) is 11.3 Å². The van der Waals surface area contributed by atoms with Crippen molar-refractivity contribution in [2.24, 2.45) is 0 Å². The van der Waals surface area contributed by atoms with Crippen LogP contribution in [0.2, 0.25) is 0 Å². The monoisotopic (exact) mass is 387 g/mol. The largest absolute Gasteiger partial charge is 0.492 e. The first-order valence-corrected chi connectivity index (χ1v) is 9.59. The molecular formula is C24H25N3O2. The molecule has 2 aromatic carbocycles. The van der Waals surface area contributed by atoms with Crippen molar-refractivity contribution in [2.45, 2.75) is 26.2 Å². The fourth-order valence-corrected chi connectivity index (χ4v) is 3.67. The van der Waals surface area contributed by atoms with E-state index in [-0.39, 0.29) is 11.0 Å². The molecule has 0 unspecified atom stereocenters. The van der Waals surface area contributed by atoms with Crippen LogP contribution in [0.15, 0.2) is 72.0 Å². The smallest absolute Gasteiger partial charge is 0.266 e. The van der Waals surface area contributed by atoms with Crippen molar-refractivity contribution in [3.63, 3.8) is 0 Å². The number of ether oxygens (including phenoxy) is 1. The molecule has 1 aliphatic rings. The lowest BCUT2D eigenvalue weighted by Crippen LogP contribution is -2.22. The van der Waals surface area contributed by atoms with E-state index in [1.165, 1.54) is 5.56 Å². The maximum atomic E-state index is 12.7. The van der Waals surface area contributed by atoms with E-state index in [1.54, 1.807) is 18.2 Å². The van der Waals surface area contributed by atoms with Crippen molar-refractivity contribution in [3.05, 3.63) is 77.5 Å². The molecule has 3 rings (SSSR count). The summed E-state index contributed by atoms with van der Waals surface area (Å²) >= 11 is 0. The number of nitrogens with one attached hydrogen (secondary N) is 1. The molecule has 2 aromatic rings. The Morgan fingerprint density at radius 2 is 1.90 bits per heavy atom. The highest BCUT2D eigenvalue weighted by Crippen LogP contribution is 2.46. The van der Waals surface area contributed by atoms with Gasteiger partial charge in [0.1, 0.15) is 17.4 Å². The summed E-state index contributed by atoms with van der Waals surface area (Å²) in [6.45, 7) is 6.64. The number of hydrogen-bond acceptors (Lipinski definition) is 4. The maximum absolute atomic E-state index is 12.7. The first-order chi connectivity index (χ1) is 13.9. The molecule has 5 nitrogen and oxygen atoms in total. The van der Waals surface area contributed by atoms with E-state index in [2.05, 4.69) is 36.2 Å². The SMILES string of the molecule is CCOc1ccccc1NC(=O)/C(C#N)=C/C=C1/N(C)c2ccccc2C1(C)C. The van der Waals surface area contributed by atoms with Crippen LogP contribution in [0.5, 0.6) is 5.75 Å². The minimum absolute atomic E-state index is 0.0314. The predicted octanol–water partition coefficient (Wildman–Crippen LogP) is 4.79. The molecule has 1 heterocycles. The Hall–Kier alpha value is -3.52. The van der Waals surface area contributed by atoms with E-state index < -0.39 is 5.91 Å². The second-order valence-corrected chi connectivity index (χ2v) is 7.33. The van der Waals surface area contributed by atoms with Gasteiger partial charge in [-0.3, -0.25) is 4.79 Å². The normalized spacial score (nSPS) is 16.3. The van der Waals surface area contributed by atoms with Gasteiger partial charge >= 0.3 is 0 Å². The van der Waals surface area contributed by atoms with Crippen LogP contribution in [-0.2, 0) is 10.2 Å². The molecule has 1 N–H and O–H groups in total. The third kappa shape index (κ3) is 3.88. The van der Waals surface area contributed by atoms with E-state index >= 15 is 0 Å². The van der Waals surface area contributed by atoms with Crippen LogP contribution in [0.3, 0.4) is 0 Å². The number of benzene rings is 2. The number of rotatable bonds is 5. The second kappa shape index (κ2) is 8.24. The van der Waals surface area contributed by atoms with Gasteiger partial charge in [-0.1, -0.05) is 44.2 Å². The Labute approximate surface area is 171 Å². The highest BCUT2D eigenvalue weighted by Gasteiger charge is 2.37. The van der Waals surface area contributed by atoms with Gasteiger partial charge in [-0.05, 0) is 42.8 Å². The van der Waals surface area contributed by atoms with E-state index in [0.29, 0.717) is 18.0 Å². The third-order valence-electron chi connectivity index (χ3n) is 5.15. The minimum Gasteiger partial charge on any atom is -0.492 e. The number of likely N-dealkylation sites (N-methyl/N-ethyl adjacent to an activating group) is 1. The van der Waals surface area contributed by atoms with Gasteiger partial charge in [-0.2, -0.15) is 5.26 Å². The van der Waals surface area contributed by atoms with Gasteiger partial charge in [0.05, 0.1) is 12.3 Å². The molecule has 1 aliphatic heterocycles. The third-order valence-corrected chi connectivity index (χ3v) is 5.15. The van der Waals surface area contributed by atoms with Crippen molar-refractivity contribution < 1.29 is 9.53 Å². The molecular weight excluding hydrogens is 362 g/mol. The van der Waals surface area contributed by atoms with E-state index in [4.69, 9.17) is 4.74 Å². The summed E-state index contributed by atoms with van der Waals surface area (Å²) in [6.07, 6.45) is 3.44. The number of anilines is 2. The molecule has 0 aliphatic carbocycles. The summed E-state index contributed by atoms with van der Waals surface area (Å²) in [5.74, 6) is 0.110. The standard InChI is InChI=1S/C24H25N3O2/c1-5-29-21-13-9-7-11-19(21)26-23(28)17(16-25)14-15-22-24(2,3)18-10-6-8-12-20(18)27(22)4/h6-15H,5H2,1-4H3,(H,26,28)/b17-14+,22-15+. The van der Waals surface area contributed by atoms with Gasteiger partial charge in [-0.15, -0.1) is 0 Å². The number of nitrogens with zero attached hydrogens (tertiary/aromatic N) is 2. The van der Waals surface area contributed by atoms with Gasteiger partial charge < -0.3 is 15.0 Å². The molecule has 0 spiro atoms. The molecule has 0 fully saturated rings. The Bertz CT molecular complexity index is 1030. The summed E-state index contributed by atoms with van der Waals surface area (Å²) in [6, 6.07) is 17.4. The molecule has 29 heavy (non-hydrogen) atoms. The fraction of sp³-hybridized carbons (Fsp3) is 0.250. The van der Waals surface area contributed by atoms with E-state index in [0.717, 1.165) is 11.4 Å². The number of allylic oxidation sites excluding steroid dienone is 3. The fourth-order valence-electron chi connectivity index (χ4n) is 3.67. The van der Waals surface area contributed by atoms with Crippen molar-refractivity contribution in [3.8, 4) is 11.8 Å². The van der Waals surface area contributed by atoms with Crippen molar-refractivity contribution in [1.29, 1.82) is 5.26 Å². The van der Waals surface area contributed by atoms with Gasteiger partial charge in [0, 0.05) is 23.8 Å². The second-order valence-electron chi connectivity index (χ2n) is 7.33. The average molecular weight is 387 g/mol. The lowest BCUT2D eigenvalue weighted by molar-refractivity contribution is -0.112. The van der Waals surface area contributed by atoms with Crippen LogP contribution in [0.4, 0.5) is 11.4 Å². The molecule has 0 atom stereocenters. The van der Waals surface area contributed by atoms with Gasteiger partial charge in [-0.25, -0.2) is 0 Å². The molecule has 1 amide bonds. The van der Waals surface area contributed by atoms with Crippen LogP contribution in [-0.4, -0.2) is 19.6 Å². The zero-order valence-electron chi connectivity index (χ0n) is 17.2. The predicted molar refractivity (Wildman–Crippen MR) is 116 cm³/mol. The van der Waals surface area contributed by atoms with Gasteiger partial charge in [0.25, 0.3) is 5.91 Å². The Balaban J connectivity index is 1.88. The number of para-hydroxylation sites is 3. The van der Waals surface area contributed by atoms with E-state index in [1.807, 2.05) is 50.4 Å². The van der Waals surface area contributed by atoms with Crippen molar-refractivity contribution in [2.75, 3.05) is 23.9 Å². The van der Waals surface area contributed by atoms with Crippen LogP contribution < -0.4 is 15.0 Å². The topological polar surface area (TPSA) is 65.4 Å². The zero-order chi connectivity index (χ0) is 21.0. The highest BCUT2D eigenvalue weighted by molar-refractivity contribution is 6.07. The van der Waals surface area contributed by atoms with Crippen LogP contribution in [0.25, 0.3) is 0 Å². The Morgan fingerprint density at radius 1 is 1.21 bits per heavy atom. The number of nitriles is 1. The number of carbonyl (C=O) groups is 1. The quantitative estimate of drug-likeness (QED) is 0.592. The Morgan fingerprint density at radius 3 is 2.59 bits per heavy atom. The number of carbonyl (C=O) groups excluding carboxylic acids is 1. The average Bonchev–Trinajstić information content (AvgIpc) is 2.91. The van der Waals surface area contributed by atoms with Gasteiger partial charge in [0.15, 0.2) is 0 Å². The molecule has 0 saturated carbocycles. The lowest BCUT2D eigenvalue weighted by atomic mass is 9.83. The van der Waals surface area contributed by atoms with E-state index in [9.17, 15) is 10.1 Å². The highest BCUT2D eigenvalue weighted by atomic mass is 16.5. The molecule has 0 saturated heterocycles. The summed E-state index contributed by atoms with van der Waals surface area (Å²) in [5.41, 5.74) is 3.72. The number of fused-ring (bicyclic) bond motifs is 1.